The number of carboxylic acid groups (broad SMARTS) is 1. The fourth-order valence-electron chi connectivity index (χ4n) is 2.36. The summed E-state index contributed by atoms with van der Waals surface area (Å²) in [4.78, 5) is 24.9. The molecule has 5 nitrogen and oxygen atoms in total. The first-order chi connectivity index (χ1) is 9.15. The number of anilines is 1. The number of carbonyl (C=O) groups excluding carboxylic acids is 1. The van der Waals surface area contributed by atoms with E-state index in [1.807, 2.05) is 19.1 Å². The van der Waals surface area contributed by atoms with Gasteiger partial charge in [0.05, 0.1) is 5.92 Å². The number of nitrogens with zero attached hydrogens (tertiary/aromatic N) is 1. The van der Waals surface area contributed by atoms with Crippen LogP contribution in [0.2, 0.25) is 0 Å². The Hall–Kier alpha value is -2.04. The van der Waals surface area contributed by atoms with E-state index in [9.17, 15) is 14.7 Å². The Bertz CT molecular complexity index is 487. The van der Waals surface area contributed by atoms with Crippen molar-refractivity contribution < 1.29 is 14.7 Å². The highest BCUT2D eigenvalue weighted by atomic mass is 16.4. The average molecular weight is 262 g/mol. The molecule has 0 saturated carbocycles. The molecule has 5 heteroatoms. The van der Waals surface area contributed by atoms with Crippen molar-refractivity contribution in [3.05, 3.63) is 29.8 Å². The van der Waals surface area contributed by atoms with E-state index in [0.29, 0.717) is 30.8 Å². The second-order valence-electron chi connectivity index (χ2n) is 4.62. The molecule has 0 aliphatic carbocycles. The summed E-state index contributed by atoms with van der Waals surface area (Å²) in [5.41, 5.74) is 1.42. The molecule has 1 aliphatic rings. The van der Waals surface area contributed by atoms with Gasteiger partial charge in [0.15, 0.2) is 0 Å². The van der Waals surface area contributed by atoms with Crippen LogP contribution < -0.4 is 10.2 Å². The molecule has 0 aromatic heterocycles. The number of hydrogen-bond acceptors (Lipinski definition) is 2. The fraction of sp³-hybridized carbons (Fsp3) is 0.429. The number of nitrogens with one attached hydrogen (secondary N) is 1. The Morgan fingerprint density at radius 3 is 2.84 bits per heavy atom. The van der Waals surface area contributed by atoms with Crippen LogP contribution in [0.4, 0.5) is 10.5 Å². The third-order valence-corrected chi connectivity index (χ3v) is 3.31. The van der Waals surface area contributed by atoms with Crippen LogP contribution >= 0.6 is 0 Å². The van der Waals surface area contributed by atoms with Gasteiger partial charge in [0.25, 0.3) is 0 Å². The molecule has 1 aliphatic heterocycles. The van der Waals surface area contributed by atoms with Crippen molar-refractivity contribution in [2.75, 3.05) is 18.0 Å². The van der Waals surface area contributed by atoms with Crippen LogP contribution in [-0.2, 0) is 4.79 Å². The first kappa shape index (κ1) is 13.4. The highest BCUT2D eigenvalue weighted by Gasteiger charge is 2.32. The number of rotatable bonds is 3. The molecule has 0 saturated heterocycles. The maximum atomic E-state index is 12.1. The summed E-state index contributed by atoms with van der Waals surface area (Å²) in [5, 5.41) is 12.1. The van der Waals surface area contributed by atoms with E-state index < -0.39 is 11.9 Å². The first-order valence-corrected chi connectivity index (χ1v) is 6.52. The van der Waals surface area contributed by atoms with Crippen molar-refractivity contribution in [3.63, 3.8) is 0 Å². The van der Waals surface area contributed by atoms with Crippen LogP contribution in [0.1, 0.15) is 31.2 Å². The third-order valence-electron chi connectivity index (χ3n) is 3.31. The largest absolute Gasteiger partial charge is 0.481 e. The van der Waals surface area contributed by atoms with E-state index in [-0.39, 0.29) is 6.03 Å². The second kappa shape index (κ2) is 5.73. The van der Waals surface area contributed by atoms with Gasteiger partial charge >= 0.3 is 12.0 Å². The molecule has 1 heterocycles. The summed E-state index contributed by atoms with van der Waals surface area (Å²) < 4.78 is 0. The van der Waals surface area contributed by atoms with Crippen LogP contribution in [0.3, 0.4) is 0 Å². The Kier molecular flexibility index (Phi) is 4.04. The molecule has 0 fully saturated rings. The lowest BCUT2D eigenvalue weighted by atomic mass is 9.90. The molecule has 102 valence electrons. The lowest BCUT2D eigenvalue weighted by Crippen LogP contribution is -2.44. The topological polar surface area (TPSA) is 69.6 Å². The average Bonchev–Trinajstić information content (AvgIpc) is 2.43. The summed E-state index contributed by atoms with van der Waals surface area (Å²) >= 11 is 0. The first-order valence-electron chi connectivity index (χ1n) is 6.52. The van der Waals surface area contributed by atoms with E-state index in [1.54, 1.807) is 17.0 Å². The van der Waals surface area contributed by atoms with Gasteiger partial charge in [-0.2, -0.15) is 0 Å². The lowest BCUT2D eigenvalue weighted by Gasteiger charge is -2.32. The summed E-state index contributed by atoms with van der Waals surface area (Å²) in [6, 6.07) is 7.06. The van der Waals surface area contributed by atoms with Crippen LogP contribution in [0.15, 0.2) is 24.3 Å². The zero-order valence-corrected chi connectivity index (χ0v) is 10.9. The molecule has 2 rings (SSSR count). The van der Waals surface area contributed by atoms with Gasteiger partial charge in [-0.05, 0) is 24.5 Å². The monoisotopic (exact) mass is 262 g/mol. The number of fused-ring (bicyclic) bond motifs is 1. The summed E-state index contributed by atoms with van der Waals surface area (Å²) in [7, 11) is 0. The number of hydrogen-bond donors (Lipinski definition) is 2. The molecule has 19 heavy (non-hydrogen) atoms. The van der Waals surface area contributed by atoms with Crippen LogP contribution in [0, 0.1) is 0 Å². The van der Waals surface area contributed by atoms with Gasteiger partial charge in [-0.25, -0.2) is 4.79 Å². The number of para-hydroxylation sites is 1. The number of benzene rings is 1. The standard InChI is InChI=1S/C14H18N2O3/c1-2-8-15-14(19)16-9-7-11(13(17)18)10-5-3-4-6-12(10)16/h3-6,11H,2,7-9H2,1H3,(H,15,19)(H,17,18). The fourth-order valence-corrected chi connectivity index (χ4v) is 2.36. The van der Waals surface area contributed by atoms with E-state index in [0.717, 1.165) is 6.42 Å². The van der Waals surface area contributed by atoms with Gasteiger partial charge in [0.1, 0.15) is 0 Å². The summed E-state index contributed by atoms with van der Waals surface area (Å²) in [6.45, 7) is 3.05. The summed E-state index contributed by atoms with van der Waals surface area (Å²) in [5.74, 6) is -1.35. The van der Waals surface area contributed by atoms with E-state index in [1.165, 1.54) is 0 Å². The van der Waals surface area contributed by atoms with Crippen LogP contribution in [0.5, 0.6) is 0 Å². The maximum Gasteiger partial charge on any atom is 0.321 e. The molecule has 1 aromatic rings. The molecule has 1 unspecified atom stereocenters. The summed E-state index contributed by atoms with van der Waals surface area (Å²) in [6.07, 6.45) is 1.32. The lowest BCUT2D eigenvalue weighted by molar-refractivity contribution is -0.139. The Labute approximate surface area is 112 Å². The van der Waals surface area contributed by atoms with Crippen molar-refractivity contribution in [1.29, 1.82) is 0 Å². The zero-order valence-electron chi connectivity index (χ0n) is 10.9. The van der Waals surface area contributed by atoms with Gasteiger partial charge in [-0.15, -0.1) is 0 Å². The minimum absolute atomic E-state index is 0.155. The van der Waals surface area contributed by atoms with Crippen molar-refractivity contribution >= 4 is 17.7 Å². The molecular weight excluding hydrogens is 244 g/mol. The second-order valence-corrected chi connectivity index (χ2v) is 4.62. The van der Waals surface area contributed by atoms with E-state index in [2.05, 4.69) is 5.32 Å². The van der Waals surface area contributed by atoms with Crippen molar-refractivity contribution in [1.82, 2.24) is 5.32 Å². The van der Waals surface area contributed by atoms with Gasteiger partial charge in [-0.3, -0.25) is 9.69 Å². The molecule has 1 atom stereocenters. The number of urea groups is 1. The Morgan fingerprint density at radius 1 is 1.42 bits per heavy atom. The highest BCUT2D eigenvalue weighted by molar-refractivity contribution is 5.95. The van der Waals surface area contributed by atoms with Crippen molar-refractivity contribution in [2.24, 2.45) is 0 Å². The van der Waals surface area contributed by atoms with E-state index in [4.69, 9.17) is 0 Å². The van der Waals surface area contributed by atoms with Gasteiger partial charge < -0.3 is 10.4 Å². The molecular formula is C14H18N2O3. The van der Waals surface area contributed by atoms with Gasteiger partial charge in [0.2, 0.25) is 0 Å². The molecule has 0 radical (unpaired) electrons. The van der Waals surface area contributed by atoms with Crippen molar-refractivity contribution in [3.8, 4) is 0 Å². The minimum atomic E-state index is -0.832. The van der Waals surface area contributed by atoms with Gasteiger partial charge in [-0.1, -0.05) is 25.1 Å². The molecule has 0 bridgehead atoms. The number of carboxylic acids is 1. The molecule has 0 spiro atoms. The number of amides is 2. The van der Waals surface area contributed by atoms with E-state index >= 15 is 0 Å². The predicted molar refractivity (Wildman–Crippen MR) is 72.5 cm³/mol. The van der Waals surface area contributed by atoms with Crippen molar-refractivity contribution in [2.45, 2.75) is 25.7 Å². The molecule has 2 amide bonds. The smallest absolute Gasteiger partial charge is 0.321 e. The molecule has 1 aromatic carbocycles. The predicted octanol–water partition coefficient (Wildman–Crippen LogP) is 2.18. The zero-order chi connectivity index (χ0) is 13.8. The minimum Gasteiger partial charge on any atom is -0.481 e. The van der Waals surface area contributed by atoms with Crippen LogP contribution in [0.25, 0.3) is 0 Å². The Balaban J connectivity index is 2.27. The third kappa shape index (κ3) is 2.70. The Morgan fingerprint density at radius 2 is 2.16 bits per heavy atom. The quantitative estimate of drug-likeness (QED) is 0.877. The van der Waals surface area contributed by atoms with Crippen LogP contribution in [-0.4, -0.2) is 30.2 Å². The maximum absolute atomic E-state index is 12.1. The number of aliphatic carboxylic acids is 1. The van der Waals surface area contributed by atoms with Gasteiger partial charge in [0, 0.05) is 18.8 Å². The highest BCUT2D eigenvalue weighted by Crippen LogP contribution is 2.35. The number of carbonyl (C=O) groups is 2. The normalized spacial score (nSPS) is 17.7. The SMILES string of the molecule is CCCNC(=O)N1CCC(C(=O)O)c2ccccc21. The molecule has 2 N–H and O–H groups in total.